The number of rotatable bonds is 7. The van der Waals surface area contributed by atoms with E-state index in [2.05, 4.69) is 5.32 Å². The molecule has 5 amide bonds. The summed E-state index contributed by atoms with van der Waals surface area (Å²) in [5, 5.41) is 4.74. The second-order valence-electron chi connectivity index (χ2n) is 8.35. The van der Waals surface area contributed by atoms with E-state index in [0.29, 0.717) is 37.5 Å². The molecule has 1 aromatic carbocycles. The van der Waals surface area contributed by atoms with Crippen molar-refractivity contribution >= 4 is 35.1 Å². The highest BCUT2D eigenvalue weighted by molar-refractivity contribution is 7.12. The molecular formula is C24H28N4O4S. The molecule has 0 radical (unpaired) electrons. The minimum absolute atomic E-state index is 0.0326. The molecule has 0 aliphatic carbocycles. The summed E-state index contributed by atoms with van der Waals surface area (Å²) >= 11 is 1.40. The fraction of sp³-hybridized carbons (Fsp3) is 0.417. The standard InChI is InChI=1S/C24H28N4O4S/c1-2-3-11-24(18-8-5-4-6-9-18)22(31)28(23(32)25-24)17-20(29)26-12-14-27(15-13-26)21(30)19-10-7-16-33-19/h4-10,16H,2-3,11-15,17H2,1H3,(H,25,32). The van der Waals surface area contributed by atoms with Gasteiger partial charge in [0.15, 0.2) is 0 Å². The lowest BCUT2D eigenvalue weighted by molar-refractivity contribution is -0.140. The lowest BCUT2D eigenvalue weighted by atomic mass is 9.85. The van der Waals surface area contributed by atoms with Gasteiger partial charge in [-0.2, -0.15) is 0 Å². The predicted octanol–water partition coefficient (Wildman–Crippen LogP) is 2.67. The fourth-order valence-corrected chi connectivity index (χ4v) is 5.08. The van der Waals surface area contributed by atoms with Crippen molar-refractivity contribution in [2.24, 2.45) is 0 Å². The summed E-state index contributed by atoms with van der Waals surface area (Å²) in [6.07, 6.45) is 2.13. The van der Waals surface area contributed by atoms with Crippen molar-refractivity contribution in [1.82, 2.24) is 20.0 Å². The molecule has 2 aliphatic rings. The third-order valence-corrected chi connectivity index (χ3v) is 7.15. The van der Waals surface area contributed by atoms with Crippen LogP contribution in [0.1, 0.15) is 41.4 Å². The Bertz CT molecular complexity index is 1020. The van der Waals surface area contributed by atoms with Gasteiger partial charge in [0.05, 0.1) is 4.88 Å². The molecule has 8 nitrogen and oxygen atoms in total. The molecule has 33 heavy (non-hydrogen) atoms. The maximum atomic E-state index is 13.5. The molecule has 1 atom stereocenters. The van der Waals surface area contributed by atoms with Crippen LogP contribution >= 0.6 is 11.3 Å². The molecule has 0 saturated carbocycles. The van der Waals surface area contributed by atoms with Gasteiger partial charge < -0.3 is 15.1 Å². The van der Waals surface area contributed by atoms with E-state index in [9.17, 15) is 19.2 Å². The molecule has 174 valence electrons. The molecule has 0 spiro atoms. The van der Waals surface area contributed by atoms with Gasteiger partial charge in [0.25, 0.3) is 11.8 Å². The fourth-order valence-electron chi connectivity index (χ4n) is 4.39. The number of carbonyl (C=O) groups excluding carboxylic acids is 4. The zero-order valence-corrected chi connectivity index (χ0v) is 19.5. The summed E-state index contributed by atoms with van der Waals surface area (Å²) in [5.41, 5.74) is -0.409. The van der Waals surface area contributed by atoms with Crippen LogP contribution in [0.5, 0.6) is 0 Å². The van der Waals surface area contributed by atoms with Crippen LogP contribution in [-0.4, -0.2) is 71.2 Å². The molecule has 1 aromatic heterocycles. The number of amides is 5. The molecule has 2 fully saturated rings. The summed E-state index contributed by atoms with van der Waals surface area (Å²) in [5.74, 6) is -0.706. The number of imide groups is 1. The van der Waals surface area contributed by atoms with Gasteiger partial charge in [-0.3, -0.25) is 19.3 Å². The second kappa shape index (κ2) is 9.74. The summed E-state index contributed by atoms with van der Waals surface area (Å²) in [7, 11) is 0. The van der Waals surface area contributed by atoms with Crippen LogP contribution in [0.3, 0.4) is 0 Å². The Balaban J connectivity index is 1.41. The Morgan fingerprint density at radius 2 is 1.70 bits per heavy atom. The SMILES string of the molecule is CCCCC1(c2ccccc2)NC(=O)N(CC(=O)N2CCN(C(=O)c3cccs3)CC2)C1=O. The van der Waals surface area contributed by atoms with Crippen molar-refractivity contribution < 1.29 is 19.2 Å². The first-order chi connectivity index (χ1) is 16.0. The van der Waals surface area contributed by atoms with Crippen molar-refractivity contribution in [3.63, 3.8) is 0 Å². The number of hydrogen-bond donors (Lipinski definition) is 1. The monoisotopic (exact) mass is 468 g/mol. The molecule has 0 bridgehead atoms. The van der Waals surface area contributed by atoms with E-state index >= 15 is 0 Å². The van der Waals surface area contributed by atoms with Gasteiger partial charge in [0, 0.05) is 26.2 Å². The van der Waals surface area contributed by atoms with Crippen LogP contribution in [0.25, 0.3) is 0 Å². The lowest BCUT2D eigenvalue weighted by Gasteiger charge is -2.35. The van der Waals surface area contributed by atoms with Gasteiger partial charge in [-0.05, 0) is 23.4 Å². The smallest absolute Gasteiger partial charge is 0.325 e. The number of nitrogens with zero attached hydrogens (tertiary/aromatic N) is 3. The van der Waals surface area contributed by atoms with E-state index in [1.54, 1.807) is 15.9 Å². The van der Waals surface area contributed by atoms with Crippen molar-refractivity contribution in [2.75, 3.05) is 32.7 Å². The number of nitrogens with one attached hydrogen (secondary N) is 1. The van der Waals surface area contributed by atoms with Gasteiger partial charge in [-0.1, -0.05) is 56.2 Å². The van der Waals surface area contributed by atoms with Gasteiger partial charge in [-0.25, -0.2) is 4.79 Å². The van der Waals surface area contributed by atoms with E-state index < -0.39 is 11.6 Å². The van der Waals surface area contributed by atoms with Crippen molar-refractivity contribution in [3.05, 3.63) is 58.3 Å². The Kier molecular flexibility index (Phi) is 6.78. The number of carbonyl (C=O) groups is 4. The van der Waals surface area contributed by atoms with Crippen molar-refractivity contribution in [2.45, 2.75) is 31.7 Å². The molecule has 1 N–H and O–H groups in total. The first kappa shape index (κ1) is 23.0. The van der Waals surface area contributed by atoms with Crippen molar-refractivity contribution in [3.8, 4) is 0 Å². The minimum Gasteiger partial charge on any atom is -0.338 e. The average Bonchev–Trinajstić information content (AvgIpc) is 3.47. The third-order valence-electron chi connectivity index (χ3n) is 6.29. The van der Waals surface area contributed by atoms with E-state index in [0.717, 1.165) is 23.3 Å². The van der Waals surface area contributed by atoms with Gasteiger partial charge in [-0.15, -0.1) is 11.3 Å². The molecule has 9 heteroatoms. The van der Waals surface area contributed by atoms with Crippen LogP contribution in [0.2, 0.25) is 0 Å². The average molecular weight is 469 g/mol. The third kappa shape index (κ3) is 4.50. The molecule has 4 rings (SSSR count). The largest absolute Gasteiger partial charge is 0.338 e. The highest BCUT2D eigenvalue weighted by atomic mass is 32.1. The molecule has 1 unspecified atom stereocenters. The summed E-state index contributed by atoms with van der Waals surface area (Å²) in [6.45, 7) is 3.33. The number of benzene rings is 1. The molecular weight excluding hydrogens is 440 g/mol. The Morgan fingerprint density at radius 3 is 2.33 bits per heavy atom. The highest BCUT2D eigenvalue weighted by Crippen LogP contribution is 2.34. The summed E-state index contributed by atoms with van der Waals surface area (Å²) < 4.78 is 0. The Hall–Kier alpha value is -3.20. The minimum atomic E-state index is -1.14. The highest BCUT2D eigenvalue weighted by Gasteiger charge is 2.52. The maximum Gasteiger partial charge on any atom is 0.325 e. The van der Waals surface area contributed by atoms with E-state index in [1.165, 1.54) is 11.3 Å². The van der Waals surface area contributed by atoms with E-state index in [4.69, 9.17) is 0 Å². The van der Waals surface area contributed by atoms with Crippen LogP contribution in [0, 0.1) is 0 Å². The molecule has 2 saturated heterocycles. The zero-order valence-electron chi connectivity index (χ0n) is 18.7. The lowest BCUT2D eigenvalue weighted by Crippen LogP contribution is -2.53. The number of hydrogen-bond acceptors (Lipinski definition) is 5. The number of unbranched alkanes of at least 4 members (excludes halogenated alkanes) is 1. The molecule has 2 aromatic rings. The number of piperazine rings is 1. The zero-order chi connectivity index (χ0) is 23.4. The van der Waals surface area contributed by atoms with Crippen LogP contribution in [-0.2, 0) is 15.1 Å². The van der Waals surface area contributed by atoms with Gasteiger partial charge in [0.1, 0.15) is 12.1 Å². The molecule has 2 aliphatic heterocycles. The predicted molar refractivity (Wildman–Crippen MR) is 125 cm³/mol. The first-order valence-corrected chi connectivity index (χ1v) is 12.1. The summed E-state index contributed by atoms with van der Waals surface area (Å²) in [4.78, 5) is 56.8. The maximum absolute atomic E-state index is 13.5. The van der Waals surface area contributed by atoms with Crippen LogP contribution < -0.4 is 5.32 Å². The second-order valence-corrected chi connectivity index (χ2v) is 9.29. The quantitative estimate of drug-likeness (QED) is 0.633. The summed E-state index contributed by atoms with van der Waals surface area (Å²) in [6, 6.07) is 12.3. The number of thiophene rings is 1. The van der Waals surface area contributed by atoms with E-state index in [1.807, 2.05) is 48.7 Å². The van der Waals surface area contributed by atoms with Crippen molar-refractivity contribution in [1.29, 1.82) is 0 Å². The Labute approximate surface area is 197 Å². The first-order valence-electron chi connectivity index (χ1n) is 11.3. The van der Waals surface area contributed by atoms with Gasteiger partial charge >= 0.3 is 6.03 Å². The Morgan fingerprint density at radius 1 is 1.00 bits per heavy atom. The van der Waals surface area contributed by atoms with E-state index in [-0.39, 0.29) is 24.3 Å². The molecule has 3 heterocycles. The topological polar surface area (TPSA) is 90.0 Å². The number of urea groups is 1. The van der Waals surface area contributed by atoms with Crippen LogP contribution in [0.4, 0.5) is 4.79 Å². The van der Waals surface area contributed by atoms with Gasteiger partial charge in [0.2, 0.25) is 5.91 Å². The van der Waals surface area contributed by atoms with Crippen LogP contribution in [0.15, 0.2) is 47.8 Å². The normalized spacial score (nSPS) is 20.8.